The van der Waals surface area contributed by atoms with Crippen molar-refractivity contribution in [3.63, 3.8) is 0 Å². The van der Waals surface area contributed by atoms with E-state index < -0.39 is 0 Å². The van der Waals surface area contributed by atoms with Crippen LogP contribution in [0.2, 0.25) is 0 Å². The Morgan fingerprint density at radius 3 is 3.24 bits per heavy atom. The summed E-state index contributed by atoms with van der Waals surface area (Å²) in [5, 5.41) is 3.98. The van der Waals surface area contributed by atoms with Crippen LogP contribution >= 0.6 is 11.9 Å². The summed E-state index contributed by atoms with van der Waals surface area (Å²) in [7, 11) is 0. The predicted octanol–water partition coefficient (Wildman–Crippen LogP) is 3.75. The molecular formula is C19H24N4OS. The molecule has 5 nitrogen and oxygen atoms in total. The highest BCUT2D eigenvalue weighted by Crippen LogP contribution is 2.36. The topological polar surface area (TPSA) is 60.2 Å². The highest BCUT2D eigenvalue weighted by Gasteiger charge is 2.28. The van der Waals surface area contributed by atoms with Crippen LogP contribution in [-0.4, -0.2) is 41.6 Å². The average molecular weight is 356 g/mol. The van der Waals surface area contributed by atoms with Gasteiger partial charge in [-0.3, -0.25) is 9.62 Å². The highest BCUT2D eigenvalue weighted by molar-refractivity contribution is 7.98. The number of urea groups is 1. The summed E-state index contributed by atoms with van der Waals surface area (Å²) in [6, 6.07) is 6.85. The van der Waals surface area contributed by atoms with Crippen molar-refractivity contribution >= 4 is 34.5 Å². The first-order valence-corrected chi connectivity index (χ1v) is 9.81. The summed E-state index contributed by atoms with van der Waals surface area (Å²) in [5.74, 6) is 0. The van der Waals surface area contributed by atoms with Gasteiger partial charge in [0.2, 0.25) is 0 Å². The van der Waals surface area contributed by atoms with Gasteiger partial charge >= 0.3 is 6.03 Å². The molecule has 1 atom stereocenters. The second-order valence-corrected chi connectivity index (χ2v) is 7.58. The van der Waals surface area contributed by atoms with Gasteiger partial charge in [0.25, 0.3) is 0 Å². The van der Waals surface area contributed by atoms with Gasteiger partial charge in [-0.1, -0.05) is 6.08 Å². The zero-order valence-corrected chi connectivity index (χ0v) is 15.3. The molecule has 1 saturated heterocycles. The lowest BCUT2D eigenvalue weighted by molar-refractivity contribution is 0.247. The van der Waals surface area contributed by atoms with E-state index in [0.29, 0.717) is 12.6 Å². The fraction of sp³-hybridized carbons (Fsp3) is 0.421. The van der Waals surface area contributed by atoms with E-state index in [1.54, 1.807) is 0 Å². The van der Waals surface area contributed by atoms with Crippen molar-refractivity contribution in [2.45, 2.75) is 37.1 Å². The van der Waals surface area contributed by atoms with Crippen molar-refractivity contribution in [1.82, 2.24) is 19.9 Å². The third-order valence-electron chi connectivity index (χ3n) is 5.12. The fourth-order valence-electron chi connectivity index (χ4n) is 3.88. The van der Waals surface area contributed by atoms with E-state index in [1.807, 2.05) is 13.0 Å². The summed E-state index contributed by atoms with van der Waals surface area (Å²) in [4.78, 5) is 18.6. The molecule has 1 aromatic carbocycles. The Kier molecular flexibility index (Phi) is 4.72. The van der Waals surface area contributed by atoms with E-state index in [-0.39, 0.29) is 6.03 Å². The lowest BCUT2D eigenvalue weighted by atomic mass is 9.94. The lowest BCUT2D eigenvalue weighted by Gasteiger charge is -2.29. The van der Waals surface area contributed by atoms with Gasteiger partial charge in [-0.25, -0.2) is 4.79 Å². The molecule has 1 unspecified atom stereocenters. The van der Waals surface area contributed by atoms with E-state index in [9.17, 15) is 4.79 Å². The number of hydrogen-bond donors (Lipinski definition) is 3. The van der Waals surface area contributed by atoms with Crippen molar-refractivity contribution in [2.24, 2.45) is 0 Å². The molecule has 2 aliphatic rings. The zero-order chi connectivity index (χ0) is 17.2. The zero-order valence-electron chi connectivity index (χ0n) is 14.5. The number of nitrogens with zero attached hydrogens (tertiary/aromatic N) is 1. The third-order valence-corrected chi connectivity index (χ3v) is 5.90. The number of nitrogens with one attached hydrogen (secondary N) is 3. The van der Waals surface area contributed by atoms with Crippen molar-refractivity contribution in [1.29, 1.82) is 0 Å². The number of H-pyrrole nitrogens is 1. The summed E-state index contributed by atoms with van der Waals surface area (Å²) in [6.07, 6.45) is 8.30. The van der Waals surface area contributed by atoms with Crippen LogP contribution in [0.15, 0.2) is 35.4 Å². The quantitative estimate of drug-likeness (QED) is 0.731. The second kappa shape index (κ2) is 7.14. The monoisotopic (exact) mass is 356 g/mol. The van der Waals surface area contributed by atoms with E-state index >= 15 is 0 Å². The number of rotatable bonds is 4. The number of aromatic nitrogens is 1. The normalized spacial score (nSPS) is 20.4. The van der Waals surface area contributed by atoms with E-state index in [1.165, 1.54) is 47.9 Å². The molecular weight excluding hydrogens is 332 g/mol. The summed E-state index contributed by atoms with van der Waals surface area (Å²) in [5.41, 5.74) is 3.90. The average Bonchev–Trinajstić information content (AvgIpc) is 3.25. The standard InChI is InChI=1S/C19H24N4OS/c1-2-20-19(24)22-25-15-5-6-18-16(11-15)17(12-21-18)13-7-9-23-8-3-4-14(23)10-13/h5-7,11-12,14,21H,2-4,8-10H2,1H3,(H2,20,22,24). The maximum absolute atomic E-state index is 11.6. The minimum atomic E-state index is -0.154. The molecule has 0 bridgehead atoms. The van der Waals surface area contributed by atoms with Gasteiger partial charge in [-0.15, -0.1) is 0 Å². The van der Waals surface area contributed by atoms with Gasteiger partial charge in [-0.2, -0.15) is 0 Å². The van der Waals surface area contributed by atoms with Crippen LogP contribution in [0.1, 0.15) is 31.7 Å². The summed E-state index contributed by atoms with van der Waals surface area (Å²) < 4.78 is 2.82. The second-order valence-electron chi connectivity index (χ2n) is 6.70. The molecule has 132 valence electrons. The molecule has 2 amide bonds. The number of carbonyl (C=O) groups excluding carboxylic acids is 1. The first kappa shape index (κ1) is 16.5. The van der Waals surface area contributed by atoms with Crippen molar-refractivity contribution in [3.05, 3.63) is 36.0 Å². The predicted molar refractivity (Wildman–Crippen MR) is 104 cm³/mol. The maximum atomic E-state index is 11.6. The van der Waals surface area contributed by atoms with Crippen LogP contribution in [0.5, 0.6) is 0 Å². The van der Waals surface area contributed by atoms with Crippen LogP contribution in [0, 0.1) is 0 Å². The number of benzene rings is 1. The highest BCUT2D eigenvalue weighted by atomic mass is 32.2. The molecule has 25 heavy (non-hydrogen) atoms. The van der Waals surface area contributed by atoms with Crippen LogP contribution in [-0.2, 0) is 0 Å². The smallest absolute Gasteiger partial charge is 0.325 e. The molecule has 2 aliphatic heterocycles. The van der Waals surface area contributed by atoms with Gasteiger partial charge in [-0.05, 0) is 68.5 Å². The molecule has 0 aliphatic carbocycles. The maximum Gasteiger partial charge on any atom is 0.325 e. The largest absolute Gasteiger partial charge is 0.361 e. The Morgan fingerprint density at radius 2 is 2.36 bits per heavy atom. The molecule has 0 saturated carbocycles. The first-order valence-electron chi connectivity index (χ1n) is 9.00. The van der Waals surface area contributed by atoms with Crippen LogP contribution in [0.3, 0.4) is 0 Å². The Bertz CT molecular complexity index is 813. The number of hydrogen-bond acceptors (Lipinski definition) is 3. The molecule has 3 N–H and O–H groups in total. The minimum Gasteiger partial charge on any atom is -0.361 e. The van der Waals surface area contributed by atoms with E-state index in [2.05, 4.69) is 44.3 Å². The molecule has 6 heteroatoms. The summed E-state index contributed by atoms with van der Waals surface area (Å²) >= 11 is 1.35. The molecule has 2 aromatic rings. The van der Waals surface area contributed by atoms with Gasteiger partial charge in [0.1, 0.15) is 0 Å². The van der Waals surface area contributed by atoms with Gasteiger partial charge in [0, 0.05) is 46.7 Å². The van der Waals surface area contributed by atoms with Gasteiger partial charge < -0.3 is 10.3 Å². The molecule has 0 radical (unpaired) electrons. The number of carbonyl (C=O) groups is 1. The molecule has 4 rings (SSSR count). The third kappa shape index (κ3) is 3.41. The van der Waals surface area contributed by atoms with Crippen LogP contribution in [0.4, 0.5) is 4.79 Å². The Labute approximate surface area is 152 Å². The number of fused-ring (bicyclic) bond motifs is 2. The minimum absolute atomic E-state index is 0.154. The van der Waals surface area contributed by atoms with Crippen LogP contribution < -0.4 is 10.0 Å². The number of aromatic amines is 1. The van der Waals surface area contributed by atoms with Crippen molar-refractivity contribution in [2.75, 3.05) is 19.6 Å². The Morgan fingerprint density at radius 1 is 1.44 bits per heavy atom. The SMILES string of the molecule is CCNC(=O)NSc1ccc2[nH]cc(C3=CCN4CCCC4C3)c2c1. The molecule has 0 spiro atoms. The van der Waals surface area contributed by atoms with Gasteiger partial charge in [0.05, 0.1) is 0 Å². The Balaban J connectivity index is 1.55. The molecule has 3 heterocycles. The van der Waals surface area contributed by atoms with Crippen molar-refractivity contribution in [3.8, 4) is 0 Å². The Hall–Kier alpha value is -1.92. The molecule has 1 aromatic heterocycles. The fourth-order valence-corrected chi connectivity index (χ4v) is 4.48. The van der Waals surface area contributed by atoms with Crippen LogP contribution in [0.25, 0.3) is 16.5 Å². The van der Waals surface area contributed by atoms with E-state index in [4.69, 9.17) is 0 Å². The first-order chi connectivity index (χ1) is 12.2. The van der Waals surface area contributed by atoms with E-state index in [0.717, 1.165) is 23.4 Å². The summed E-state index contributed by atoms with van der Waals surface area (Å²) in [6.45, 7) is 4.85. The number of amides is 2. The lowest BCUT2D eigenvalue weighted by Crippen LogP contribution is -2.32. The molecule has 1 fully saturated rings. The van der Waals surface area contributed by atoms with Gasteiger partial charge in [0.15, 0.2) is 0 Å². The van der Waals surface area contributed by atoms with Crippen molar-refractivity contribution < 1.29 is 4.79 Å².